The molecule has 4 aromatic heterocycles. The molecule has 7 nitrogen and oxygen atoms in total. The van der Waals surface area contributed by atoms with Crippen LogP contribution in [0, 0.1) is 12.8 Å². The van der Waals surface area contributed by atoms with Crippen LogP contribution in [0.25, 0.3) is 17.0 Å². The summed E-state index contributed by atoms with van der Waals surface area (Å²) in [5, 5.41) is 4.49. The Morgan fingerprint density at radius 1 is 1.06 bits per heavy atom. The standard InChI is InChI=1S/C23H24F3N7/c1-14-8-16(18-13-31(3)30-15(18)2)11-32(10-14)22-27-7-6-19(29-22)20-9-28-21-5-4-17(12-33(20)21)23(24,25)26/h4-7,9,12-14,16H,8,10-11H2,1-3H3/t14-,16+/m1/s1. The summed E-state index contributed by atoms with van der Waals surface area (Å²) in [6, 6.07) is 4.10. The van der Waals surface area contributed by atoms with Gasteiger partial charge in [0.1, 0.15) is 5.65 Å². The van der Waals surface area contributed by atoms with Crippen LogP contribution in [0.4, 0.5) is 19.1 Å². The molecule has 0 radical (unpaired) electrons. The van der Waals surface area contributed by atoms with E-state index in [4.69, 9.17) is 4.98 Å². The Bertz CT molecular complexity index is 1310. The van der Waals surface area contributed by atoms with E-state index < -0.39 is 11.7 Å². The Morgan fingerprint density at radius 2 is 1.88 bits per heavy atom. The van der Waals surface area contributed by atoms with Crippen LogP contribution < -0.4 is 4.90 Å². The molecule has 0 N–H and O–H groups in total. The first kappa shape index (κ1) is 21.4. The Morgan fingerprint density at radius 3 is 2.61 bits per heavy atom. The van der Waals surface area contributed by atoms with E-state index in [1.807, 2.05) is 18.7 Å². The van der Waals surface area contributed by atoms with Crippen LogP contribution in [0.5, 0.6) is 0 Å². The van der Waals surface area contributed by atoms with Gasteiger partial charge in [-0.25, -0.2) is 15.0 Å². The van der Waals surface area contributed by atoms with Crippen molar-refractivity contribution in [3.63, 3.8) is 0 Å². The minimum atomic E-state index is -4.43. The van der Waals surface area contributed by atoms with Gasteiger partial charge >= 0.3 is 6.18 Å². The van der Waals surface area contributed by atoms with Crippen molar-refractivity contribution in [1.82, 2.24) is 29.1 Å². The van der Waals surface area contributed by atoms with Gasteiger partial charge in [0.15, 0.2) is 0 Å². The summed E-state index contributed by atoms with van der Waals surface area (Å²) in [6.45, 7) is 5.80. The second-order valence-electron chi connectivity index (χ2n) is 8.82. The molecule has 0 amide bonds. The quantitative estimate of drug-likeness (QED) is 0.456. The Kier molecular flexibility index (Phi) is 5.10. The number of aryl methyl sites for hydroxylation is 2. The van der Waals surface area contributed by atoms with E-state index in [2.05, 4.69) is 33.1 Å². The van der Waals surface area contributed by atoms with Gasteiger partial charge in [-0.2, -0.15) is 18.3 Å². The van der Waals surface area contributed by atoms with Gasteiger partial charge in [-0.1, -0.05) is 6.92 Å². The van der Waals surface area contributed by atoms with Crippen LogP contribution in [-0.4, -0.2) is 42.2 Å². The molecule has 1 aliphatic heterocycles. The Balaban J connectivity index is 1.49. The minimum Gasteiger partial charge on any atom is -0.340 e. The molecular formula is C23H24F3N7. The van der Waals surface area contributed by atoms with Crippen molar-refractivity contribution >= 4 is 11.6 Å². The number of pyridine rings is 1. The lowest BCUT2D eigenvalue weighted by atomic mass is 9.86. The number of hydrogen-bond donors (Lipinski definition) is 0. The van der Waals surface area contributed by atoms with Crippen molar-refractivity contribution < 1.29 is 13.2 Å². The predicted molar refractivity (Wildman–Crippen MR) is 118 cm³/mol. The molecule has 0 spiro atoms. The van der Waals surface area contributed by atoms with Gasteiger partial charge < -0.3 is 4.90 Å². The highest BCUT2D eigenvalue weighted by Crippen LogP contribution is 2.34. The summed E-state index contributed by atoms with van der Waals surface area (Å²) in [5.41, 5.74) is 2.97. The molecule has 10 heteroatoms. The maximum atomic E-state index is 13.2. The molecule has 1 aliphatic rings. The van der Waals surface area contributed by atoms with Crippen molar-refractivity contribution in [2.75, 3.05) is 18.0 Å². The van der Waals surface area contributed by atoms with Crippen LogP contribution in [0.2, 0.25) is 0 Å². The highest BCUT2D eigenvalue weighted by Gasteiger charge is 2.32. The van der Waals surface area contributed by atoms with Crippen LogP contribution >= 0.6 is 0 Å². The molecule has 0 aromatic carbocycles. The summed E-state index contributed by atoms with van der Waals surface area (Å²) < 4.78 is 43.0. The zero-order valence-electron chi connectivity index (χ0n) is 18.6. The van der Waals surface area contributed by atoms with Crippen LogP contribution in [0.1, 0.15) is 36.1 Å². The van der Waals surface area contributed by atoms with Gasteiger partial charge in [0, 0.05) is 44.6 Å². The van der Waals surface area contributed by atoms with Crippen LogP contribution in [0.3, 0.4) is 0 Å². The third-order valence-electron chi connectivity index (χ3n) is 6.17. The lowest BCUT2D eigenvalue weighted by Crippen LogP contribution is -2.39. The largest absolute Gasteiger partial charge is 0.417 e. The summed E-state index contributed by atoms with van der Waals surface area (Å²) >= 11 is 0. The van der Waals surface area contributed by atoms with Crippen molar-refractivity contribution in [1.29, 1.82) is 0 Å². The second kappa shape index (κ2) is 7.86. The van der Waals surface area contributed by atoms with Crippen LogP contribution in [-0.2, 0) is 13.2 Å². The third-order valence-corrected chi connectivity index (χ3v) is 6.17. The van der Waals surface area contributed by atoms with E-state index in [9.17, 15) is 13.2 Å². The first-order valence-corrected chi connectivity index (χ1v) is 10.8. The van der Waals surface area contributed by atoms with Crippen LogP contribution in [0.15, 0.2) is 43.0 Å². The van der Waals surface area contributed by atoms with E-state index >= 15 is 0 Å². The SMILES string of the molecule is Cc1nn(C)cc1[C@H]1C[C@@H](C)CN(c2nccc(-c3cnc4ccc(C(F)(F)F)cn34)n2)C1. The average Bonchev–Trinajstić information content (AvgIpc) is 3.34. The van der Waals surface area contributed by atoms with Gasteiger partial charge in [-0.3, -0.25) is 9.08 Å². The molecule has 0 bridgehead atoms. The van der Waals surface area contributed by atoms with E-state index in [1.54, 1.807) is 18.5 Å². The van der Waals surface area contributed by atoms with Crippen molar-refractivity contribution in [2.45, 2.75) is 32.4 Å². The molecule has 5 heterocycles. The predicted octanol–water partition coefficient (Wildman–Crippen LogP) is 4.48. The number of halogens is 3. The van der Waals surface area contributed by atoms with E-state index in [-0.39, 0.29) is 0 Å². The van der Waals surface area contributed by atoms with Gasteiger partial charge in [-0.05, 0) is 43.0 Å². The molecule has 1 saturated heterocycles. The van der Waals surface area contributed by atoms with Gasteiger partial charge in [0.25, 0.3) is 0 Å². The number of nitrogens with zero attached hydrogens (tertiary/aromatic N) is 7. The number of imidazole rings is 1. The molecule has 0 aliphatic carbocycles. The number of rotatable bonds is 3. The van der Waals surface area contributed by atoms with Gasteiger partial charge in [0.2, 0.25) is 5.95 Å². The molecule has 2 atom stereocenters. The lowest BCUT2D eigenvalue weighted by molar-refractivity contribution is -0.137. The molecule has 0 unspecified atom stereocenters. The highest BCUT2D eigenvalue weighted by molar-refractivity contribution is 5.61. The number of aromatic nitrogens is 6. The van der Waals surface area contributed by atoms with Gasteiger partial charge in [0.05, 0.1) is 28.8 Å². The fourth-order valence-corrected chi connectivity index (χ4v) is 4.74. The van der Waals surface area contributed by atoms with Gasteiger partial charge in [-0.15, -0.1) is 0 Å². The first-order valence-electron chi connectivity index (χ1n) is 10.8. The molecule has 1 fully saturated rings. The van der Waals surface area contributed by atoms with Crippen molar-refractivity contribution in [2.24, 2.45) is 13.0 Å². The second-order valence-corrected chi connectivity index (χ2v) is 8.82. The topological polar surface area (TPSA) is 64.1 Å². The maximum Gasteiger partial charge on any atom is 0.417 e. The molecule has 5 rings (SSSR count). The zero-order valence-corrected chi connectivity index (χ0v) is 18.6. The number of fused-ring (bicyclic) bond motifs is 1. The minimum absolute atomic E-state index is 0.305. The molecule has 33 heavy (non-hydrogen) atoms. The summed E-state index contributed by atoms with van der Waals surface area (Å²) in [4.78, 5) is 15.6. The zero-order chi connectivity index (χ0) is 23.3. The normalized spacial score (nSPS) is 19.4. The maximum absolute atomic E-state index is 13.2. The third kappa shape index (κ3) is 4.05. The van der Waals surface area contributed by atoms with E-state index in [1.165, 1.54) is 16.0 Å². The fraction of sp³-hybridized carbons (Fsp3) is 0.391. The smallest absolute Gasteiger partial charge is 0.340 e. The first-order chi connectivity index (χ1) is 15.7. The highest BCUT2D eigenvalue weighted by atomic mass is 19.4. The Labute approximate surface area is 188 Å². The molecule has 0 saturated carbocycles. The molecular weight excluding hydrogens is 431 g/mol. The fourth-order valence-electron chi connectivity index (χ4n) is 4.74. The number of piperidine rings is 1. The number of anilines is 1. The Hall–Kier alpha value is -3.43. The average molecular weight is 455 g/mol. The van der Waals surface area contributed by atoms with E-state index in [0.717, 1.165) is 37.5 Å². The van der Waals surface area contributed by atoms with Crippen molar-refractivity contribution in [3.05, 3.63) is 59.8 Å². The lowest BCUT2D eigenvalue weighted by Gasteiger charge is -2.36. The molecule has 172 valence electrons. The number of alkyl halides is 3. The van der Waals surface area contributed by atoms with E-state index in [0.29, 0.717) is 34.8 Å². The summed E-state index contributed by atoms with van der Waals surface area (Å²) in [5.74, 6) is 1.30. The summed E-state index contributed by atoms with van der Waals surface area (Å²) in [7, 11) is 1.92. The van der Waals surface area contributed by atoms with Crippen molar-refractivity contribution in [3.8, 4) is 11.4 Å². The summed E-state index contributed by atoms with van der Waals surface area (Å²) in [6.07, 6.45) is 2.94. The number of hydrogen-bond acceptors (Lipinski definition) is 5. The molecule has 4 aromatic rings. The monoisotopic (exact) mass is 455 g/mol.